The molecule has 1 fully saturated rings. The fraction of sp³-hybridized carbons (Fsp3) is 0.667. The van der Waals surface area contributed by atoms with E-state index in [2.05, 4.69) is 11.9 Å². The molecule has 0 radical (unpaired) electrons. The SMILES string of the molecule is CCC(=O)Oc1ccc(CC[C@H]2CC[C@H](CC)CC2)nc1. The number of esters is 1. The normalized spacial score (nSPS) is 22.0. The Morgan fingerprint density at radius 2 is 1.90 bits per heavy atom. The highest BCUT2D eigenvalue weighted by Gasteiger charge is 2.19. The number of carbonyl (C=O) groups excluding carboxylic acids is 1. The Morgan fingerprint density at radius 1 is 1.19 bits per heavy atom. The maximum Gasteiger partial charge on any atom is 0.310 e. The number of ether oxygens (including phenoxy) is 1. The highest BCUT2D eigenvalue weighted by Crippen LogP contribution is 2.32. The van der Waals surface area contributed by atoms with Gasteiger partial charge in [0.1, 0.15) is 5.75 Å². The summed E-state index contributed by atoms with van der Waals surface area (Å²) in [6.07, 6.45) is 11.2. The van der Waals surface area contributed by atoms with Crippen LogP contribution in [0.5, 0.6) is 5.75 Å². The first-order chi connectivity index (χ1) is 10.2. The topological polar surface area (TPSA) is 39.2 Å². The zero-order valence-corrected chi connectivity index (χ0v) is 13.3. The summed E-state index contributed by atoms with van der Waals surface area (Å²) in [5.41, 5.74) is 1.10. The second-order valence-corrected chi connectivity index (χ2v) is 6.15. The summed E-state index contributed by atoms with van der Waals surface area (Å²) in [6, 6.07) is 3.83. The van der Waals surface area contributed by atoms with E-state index in [1.165, 1.54) is 38.5 Å². The molecule has 3 nitrogen and oxygen atoms in total. The Morgan fingerprint density at radius 3 is 2.48 bits per heavy atom. The first-order valence-corrected chi connectivity index (χ1v) is 8.36. The predicted molar refractivity (Wildman–Crippen MR) is 84.2 cm³/mol. The van der Waals surface area contributed by atoms with Gasteiger partial charge in [0.15, 0.2) is 0 Å². The maximum atomic E-state index is 11.2. The first kappa shape index (κ1) is 16.0. The van der Waals surface area contributed by atoms with Gasteiger partial charge < -0.3 is 4.74 Å². The van der Waals surface area contributed by atoms with Crippen LogP contribution in [0.3, 0.4) is 0 Å². The lowest BCUT2D eigenvalue weighted by Gasteiger charge is -2.27. The van der Waals surface area contributed by atoms with Gasteiger partial charge in [0.25, 0.3) is 0 Å². The lowest BCUT2D eigenvalue weighted by Crippen LogP contribution is -2.14. The summed E-state index contributed by atoms with van der Waals surface area (Å²) in [5, 5.41) is 0. The number of pyridine rings is 1. The maximum absolute atomic E-state index is 11.2. The molecule has 2 rings (SSSR count). The summed E-state index contributed by atoms with van der Waals surface area (Å²) in [4.78, 5) is 15.6. The molecule has 0 amide bonds. The van der Waals surface area contributed by atoms with Gasteiger partial charge in [-0.15, -0.1) is 0 Å². The summed E-state index contributed by atoms with van der Waals surface area (Å²) < 4.78 is 5.14. The highest BCUT2D eigenvalue weighted by molar-refractivity contribution is 5.71. The fourth-order valence-electron chi connectivity index (χ4n) is 3.10. The van der Waals surface area contributed by atoms with Crippen molar-refractivity contribution in [1.82, 2.24) is 4.98 Å². The molecule has 1 aliphatic rings. The van der Waals surface area contributed by atoms with Gasteiger partial charge in [-0.25, -0.2) is 0 Å². The zero-order chi connectivity index (χ0) is 15.1. The van der Waals surface area contributed by atoms with E-state index < -0.39 is 0 Å². The van der Waals surface area contributed by atoms with Crippen LogP contribution in [-0.2, 0) is 11.2 Å². The molecule has 1 aromatic heterocycles. The van der Waals surface area contributed by atoms with E-state index in [-0.39, 0.29) is 5.97 Å². The van der Waals surface area contributed by atoms with Gasteiger partial charge in [-0.3, -0.25) is 9.78 Å². The van der Waals surface area contributed by atoms with Crippen molar-refractivity contribution >= 4 is 5.97 Å². The molecule has 0 saturated heterocycles. The lowest BCUT2D eigenvalue weighted by molar-refractivity contribution is -0.134. The van der Waals surface area contributed by atoms with Crippen molar-refractivity contribution in [2.24, 2.45) is 11.8 Å². The summed E-state index contributed by atoms with van der Waals surface area (Å²) in [6.45, 7) is 4.10. The Bertz CT molecular complexity index is 433. The third-order valence-electron chi connectivity index (χ3n) is 4.67. The molecule has 1 heterocycles. The van der Waals surface area contributed by atoms with E-state index in [1.54, 1.807) is 13.1 Å². The van der Waals surface area contributed by atoms with Gasteiger partial charge in [0.05, 0.1) is 6.20 Å². The van der Waals surface area contributed by atoms with Crippen LogP contribution >= 0.6 is 0 Å². The van der Waals surface area contributed by atoms with Crippen LogP contribution in [-0.4, -0.2) is 11.0 Å². The molecule has 0 aromatic carbocycles. The minimum atomic E-state index is -0.211. The van der Waals surface area contributed by atoms with Crippen LogP contribution in [0.2, 0.25) is 0 Å². The summed E-state index contributed by atoms with van der Waals surface area (Å²) in [7, 11) is 0. The number of aryl methyl sites for hydroxylation is 1. The number of rotatable bonds is 6. The van der Waals surface area contributed by atoms with E-state index in [1.807, 2.05) is 12.1 Å². The largest absolute Gasteiger partial charge is 0.425 e. The number of nitrogens with zero attached hydrogens (tertiary/aromatic N) is 1. The molecule has 0 atom stereocenters. The molecule has 1 aliphatic carbocycles. The van der Waals surface area contributed by atoms with Gasteiger partial charge in [-0.05, 0) is 36.8 Å². The Balaban J connectivity index is 1.75. The number of hydrogen-bond acceptors (Lipinski definition) is 3. The summed E-state index contributed by atoms with van der Waals surface area (Å²) >= 11 is 0. The van der Waals surface area contributed by atoms with Crippen LogP contribution in [0.15, 0.2) is 18.3 Å². The highest BCUT2D eigenvalue weighted by atomic mass is 16.5. The molecule has 1 saturated carbocycles. The van der Waals surface area contributed by atoms with Gasteiger partial charge >= 0.3 is 5.97 Å². The van der Waals surface area contributed by atoms with Crippen molar-refractivity contribution < 1.29 is 9.53 Å². The van der Waals surface area contributed by atoms with Gasteiger partial charge in [-0.1, -0.05) is 46.0 Å². The van der Waals surface area contributed by atoms with Crippen molar-refractivity contribution in [3.8, 4) is 5.75 Å². The molecule has 1 aromatic rings. The van der Waals surface area contributed by atoms with E-state index in [0.717, 1.165) is 24.0 Å². The zero-order valence-electron chi connectivity index (χ0n) is 13.3. The third kappa shape index (κ3) is 5.14. The van der Waals surface area contributed by atoms with E-state index in [4.69, 9.17) is 4.74 Å². The number of hydrogen-bond donors (Lipinski definition) is 0. The minimum Gasteiger partial charge on any atom is -0.425 e. The Hall–Kier alpha value is -1.38. The molecular weight excluding hydrogens is 262 g/mol. The van der Waals surface area contributed by atoms with Crippen molar-refractivity contribution in [2.75, 3.05) is 0 Å². The smallest absolute Gasteiger partial charge is 0.310 e. The van der Waals surface area contributed by atoms with Crippen molar-refractivity contribution in [3.05, 3.63) is 24.0 Å². The average Bonchev–Trinajstić information content (AvgIpc) is 2.54. The van der Waals surface area contributed by atoms with Crippen LogP contribution in [0.25, 0.3) is 0 Å². The molecule has 0 aliphatic heterocycles. The molecule has 3 heteroatoms. The fourth-order valence-corrected chi connectivity index (χ4v) is 3.10. The second-order valence-electron chi connectivity index (χ2n) is 6.15. The molecular formula is C18H27NO2. The van der Waals surface area contributed by atoms with Crippen molar-refractivity contribution in [3.63, 3.8) is 0 Å². The van der Waals surface area contributed by atoms with E-state index >= 15 is 0 Å². The Kier molecular flexibility index (Phi) is 6.21. The average molecular weight is 289 g/mol. The predicted octanol–water partition coefficient (Wildman–Crippen LogP) is 4.55. The molecule has 0 bridgehead atoms. The second kappa shape index (κ2) is 8.16. The van der Waals surface area contributed by atoms with Crippen LogP contribution < -0.4 is 4.74 Å². The molecule has 21 heavy (non-hydrogen) atoms. The number of aromatic nitrogens is 1. The van der Waals surface area contributed by atoms with Gasteiger partial charge in [0, 0.05) is 12.1 Å². The minimum absolute atomic E-state index is 0.211. The van der Waals surface area contributed by atoms with E-state index in [0.29, 0.717) is 12.2 Å². The summed E-state index contributed by atoms with van der Waals surface area (Å²) in [5.74, 6) is 2.17. The van der Waals surface area contributed by atoms with Crippen molar-refractivity contribution in [2.45, 2.75) is 65.2 Å². The molecule has 0 spiro atoms. The molecule has 116 valence electrons. The van der Waals surface area contributed by atoms with Crippen LogP contribution in [0.4, 0.5) is 0 Å². The van der Waals surface area contributed by atoms with Gasteiger partial charge in [-0.2, -0.15) is 0 Å². The van der Waals surface area contributed by atoms with Crippen LogP contribution in [0.1, 0.15) is 64.5 Å². The van der Waals surface area contributed by atoms with Crippen LogP contribution in [0, 0.1) is 11.8 Å². The molecule has 0 unspecified atom stereocenters. The lowest BCUT2D eigenvalue weighted by atomic mass is 9.79. The molecule has 0 N–H and O–H groups in total. The Labute approximate surface area is 128 Å². The van der Waals surface area contributed by atoms with Crippen molar-refractivity contribution in [1.29, 1.82) is 0 Å². The third-order valence-corrected chi connectivity index (χ3v) is 4.67. The standard InChI is InChI=1S/C18H27NO2/c1-3-14-5-7-15(8-6-14)9-10-16-11-12-17(13-19-16)21-18(20)4-2/h11-15H,3-10H2,1-2H3/t14-,15-. The van der Waals surface area contributed by atoms with Gasteiger partial charge in [0.2, 0.25) is 0 Å². The monoisotopic (exact) mass is 289 g/mol. The number of carbonyl (C=O) groups is 1. The first-order valence-electron chi connectivity index (χ1n) is 8.36. The quantitative estimate of drug-likeness (QED) is 0.721. The van der Waals surface area contributed by atoms with E-state index in [9.17, 15) is 4.79 Å².